The zero-order chi connectivity index (χ0) is 47.4. The predicted molar refractivity (Wildman–Crippen MR) is 222 cm³/mol. The smallest absolute Gasteiger partial charge is 0.187 e. The Bertz CT molecular complexity index is 1750. The third-order valence-corrected chi connectivity index (χ3v) is 19.4. The average Bonchev–Trinajstić information content (AvgIpc) is 3.68. The fourth-order valence-electron chi connectivity index (χ4n) is 16.3. The molecule has 0 aromatic rings. The van der Waals surface area contributed by atoms with Crippen LogP contribution in [0.2, 0.25) is 0 Å². The number of fused-ring (bicyclic) bond motifs is 2. The van der Waals surface area contributed by atoms with E-state index in [-0.39, 0.29) is 42.3 Å². The van der Waals surface area contributed by atoms with Crippen molar-refractivity contribution in [1.29, 1.82) is 0 Å². The van der Waals surface area contributed by atoms with Crippen LogP contribution in [0.5, 0.6) is 0 Å². The Kier molecular flexibility index (Phi) is 12.4. The minimum absolute atomic E-state index is 0.0662. The normalized spacial score (nSPS) is 58.7. The second kappa shape index (κ2) is 16.4. The summed E-state index contributed by atoms with van der Waals surface area (Å²) in [6.07, 6.45) is -17.5. The van der Waals surface area contributed by atoms with E-state index in [1.54, 1.807) is 13.8 Å². The summed E-state index contributed by atoms with van der Waals surface area (Å²) >= 11 is 0. The van der Waals surface area contributed by atoms with Crippen LogP contribution < -0.4 is 0 Å². The maximum Gasteiger partial charge on any atom is 0.187 e. The van der Waals surface area contributed by atoms with Crippen LogP contribution in [0.1, 0.15) is 99.8 Å². The molecule has 9 aliphatic rings. The maximum absolute atomic E-state index is 12.5. The van der Waals surface area contributed by atoms with Crippen LogP contribution in [0, 0.1) is 44.8 Å². The summed E-state index contributed by atoms with van der Waals surface area (Å²) in [5.74, 6) is -0.508. The van der Waals surface area contributed by atoms with Gasteiger partial charge in [-0.2, -0.15) is 0 Å². The van der Waals surface area contributed by atoms with Gasteiger partial charge >= 0.3 is 0 Å². The topological polar surface area (TPSA) is 307 Å². The predicted octanol–water partition coefficient (Wildman–Crippen LogP) is -1.84. The van der Waals surface area contributed by atoms with Gasteiger partial charge in [0.2, 0.25) is 0 Å². The van der Waals surface area contributed by atoms with E-state index in [0.717, 1.165) is 25.7 Å². The van der Waals surface area contributed by atoms with E-state index in [0.29, 0.717) is 19.3 Å². The SMILES string of the molecule is CC(C)(OC1OC(CO)C(O)C(O)C1O)C1OC(C)(C2C(O)CC3(C)C4CC(O)C5C(C)(C)C(OC6OCC(O)C(O)C6OC6OCC(O)C(O)C6O)CCC56CC46CCC23C)CC1O. The monoisotopic (exact) mass is 932 g/mol. The summed E-state index contributed by atoms with van der Waals surface area (Å²) in [5.41, 5.74) is -4.12. The highest BCUT2D eigenvalue weighted by Crippen LogP contribution is 2.89. The van der Waals surface area contributed by atoms with E-state index in [1.807, 2.05) is 6.92 Å². The lowest BCUT2D eigenvalue weighted by atomic mass is 9.41. The lowest BCUT2D eigenvalue weighted by Gasteiger charge is -2.64. The molecule has 19 nitrogen and oxygen atoms in total. The first-order valence-corrected chi connectivity index (χ1v) is 23.9. The molecule has 9 rings (SSSR count). The molecular weight excluding hydrogens is 856 g/mol. The molecule has 0 radical (unpaired) electrons. The second-order valence-electron chi connectivity index (χ2n) is 23.5. The molecule has 374 valence electrons. The first kappa shape index (κ1) is 49.2. The Balaban J connectivity index is 0.918. The molecule has 26 unspecified atom stereocenters. The average molecular weight is 933 g/mol. The van der Waals surface area contributed by atoms with Crippen molar-refractivity contribution < 1.29 is 94.4 Å². The van der Waals surface area contributed by atoms with E-state index in [9.17, 15) is 61.3 Å². The van der Waals surface area contributed by atoms with Gasteiger partial charge in [-0.05, 0) is 105 Å². The summed E-state index contributed by atoms with van der Waals surface area (Å²) in [4.78, 5) is 0. The van der Waals surface area contributed by atoms with Gasteiger partial charge in [0.05, 0.1) is 55.4 Å². The van der Waals surface area contributed by atoms with Crippen molar-refractivity contribution in [2.75, 3.05) is 19.8 Å². The van der Waals surface area contributed by atoms with Gasteiger partial charge in [-0.1, -0.05) is 27.7 Å². The van der Waals surface area contributed by atoms with E-state index in [1.165, 1.54) is 0 Å². The molecule has 65 heavy (non-hydrogen) atoms. The Morgan fingerprint density at radius 2 is 1.25 bits per heavy atom. The Morgan fingerprint density at radius 1 is 0.600 bits per heavy atom. The van der Waals surface area contributed by atoms with E-state index in [4.69, 9.17) is 33.2 Å². The van der Waals surface area contributed by atoms with Crippen LogP contribution in [0.4, 0.5) is 0 Å². The van der Waals surface area contributed by atoms with Crippen molar-refractivity contribution in [2.45, 2.75) is 221 Å². The lowest BCUT2D eigenvalue weighted by molar-refractivity contribution is -0.356. The van der Waals surface area contributed by atoms with Crippen LogP contribution >= 0.6 is 0 Å². The highest BCUT2D eigenvalue weighted by molar-refractivity contribution is 5.33. The largest absolute Gasteiger partial charge is 0.394 e. The molecule has 0 aromatic carbocycles. The van der Waals surface area contributed by atoms with Gasteiger partial charge in [0, 0.05) is 12.3 Å². The van der Waals surface area contributed by atoms with Crippen LogP contribution in [0.3, 0.4) is 0 Å². The number of aliphatic hydroxyl groups is 12. The zero-order valence-corrected chi connectivity index (χ0v) is 38.6. The summed E-state index contributed by atoms with van der Waals surface area (Å²) in [6.45, 7) is 12.8. The number of rotatable bonds is 9. The molecule has 4 heterocycles. The quantitative estimate of drug-likeness (QED) is 0.113. The molecule has 12 N–H and O–H groups in total. The number of hydrogen-bond donors (Lipinski definition) is 12. The van der Waals surface area contributed by atoms with Crippen LogP contribution in [0.15, 0.2) is 0 Å². The summed E-state index contributed by atoms with van der Waals surface area (Å²) in [5, 5.41) is 130. The van der Waals surface area contributed by atoms with E-state index in [2.05, 4.69) is 27.7 Å². The minimum atomic E-state index is -1.64. The summed E-state index contributed by atoms with van der Waals surface area (Å²) in [7, 11) is 0. The van der Waals surface area contributed by atoms with Gasteiger partial charge in [-0.25, -0.2) is 0 Å². The molecule has 0 amide bonds. The van der Waals surface area contributed by atoms with Gasteiger partial charge in [-0.15, -0.1) is 0 Å². The number of hydrogen-bond acceptors (Lipinski definition) is 19. The van der Waals surface area contributed by atoms with Gasteiger partial charge in [0.15, 0.2) is 18.9 Å². The zero-order valence-electron chi connectivity index (χ0n) is 38.6. The molecule has 19 heteroatoms. The molecule has 5 aliphatic carbocycles. The Morgan fingerprint density at radius 3 is 1.92 bits per heavy atom. The van der Waals surface area contributed by atoms with Gasteiger partial charge in [-0.3, -0.25) is 0 Å². The van der Waals surface area contributed by atoms with Gasteiger partial charge < -0.3 is 94.4 Å². The molecule has 5 saturated carbocycles. The molecular formula is C46H76O19. The van der Waals surface area contributed by atoms with Crippen LogP contribution in [-0.2, 0) is 33.2 Å². The highest BCUT2D eigenvalue weighted by atomic mass is 16.8. The molecule has 26 atom stereocenters. The third-order valence-electron chi connectivity index (χ3n) is 19.4. The minimum Gasteiger partial charge on any atom is -0.394 e. The fraction of sp³-hybridized carbons (Fsp3) is 1.00. The third kappa shape index (κ3) is 7.14. The first-order chi connectivity index (χ1) is 30.2. The van der Waals surface area contributed by atoms with Gasteiger partial charge in [0.25, 0.3) is 0 Å². The summed E-state index contributed by atoms with van der Waals surface area (Å²) < 4.78 is 42.8. The summed E-state index contributed by atoms with van der Waals surface area (Å²) in [6, 6.07) is 0. The molecule has 4 saturated heterocycles. The van der Waals surface area contributed by atoms with E-state index >= 15 is 0 Å². The standard InChI is InChI=1S/C46H76O19/c1-40(2)26(62-39-33(28(54)23(52)17-60-39)63-37-31(57)27(53)22(51)16-59-37)8-9-46-18-45(46)11-10-42(5)35(20(49)13-43(42,6)25(45)12-19(48)34(40)46)44(7)14-21(50)36(64-44)41(3,4)65-38-32(58)30(56)29(55)24(15-47)61-38/h19-39,47-58H,8-18H2,1-7H3. The van der Waals surface area contributed by atoms with Crippen molar-refractivity contribution in [3.8, 4) is 0 Å². The van der Waals surface area contributed by atoms with Crippen molar-refractivity contribution in [1.82, 2.24) is 0 Å². The molecule has 9 fully saturated rings. The van der Waals surface area contributed by atoms with Gasteiger partial charge in [0.1, 0.15) is 67.1 Å². The lowest BCUT2D eigenvalue weighted by Crippen LogP contribution is -2.64. The van der Waals surface area contributed by atoms with Crippen molar-refractivity contribution in [3.63, 3.8) is 0 Å². The maximum atomic E-state index is 12.5. The van der Waals surface area contributed by atoms with Crippen molar-refractivity contribution >= 4 is 0 Å². The number of ether oxygens (including phenoxy) is 7. The van der Waals surface area contributed by atoms with Crippen LogP contribution in [-0.4, -0.2) is 203 Å². The molecule has 0 bridgehead atoms. The first-order valence-electron chi connectivity index (χ1n) is 23.9. The molecule has 4 aliphatic heterocycles. The Hall–Kier alpha value is -0.760. The van der Waals surface area contributed by atoms with Crippen LogP contribution in [0.25, 0.3) is 0 Å². The molecule has 0 aromatic heterocycles. The van der Waals surface area contributed by atoms with E-state index < -0.39 is 150 Å². The van der Waals surface area contributed by atoms with Crippen molar-refractivity contribution in [2.24, 2.45) is 44.8 Å². The van der Waals surface area contributed by atoms with Crippen molar-refractivity contribution in [3.05, 3.63) is 0 Å². The molecule has 2 spiro atoms. The highest BCUT2D eigenvalue weighted by Gasteiger charge is 2.85. The Labute approximate surface area is 379 Å². The number of aliphatic hydroxyl groups excluding tert-OH is 12. The fourth-order valence-corrected chi connectivity index (χ4v) is 16.3. The second-order valence-corrected chi connectivity index (χ2v) is 23.5.